The van der Waals surface area contributed by atoms with E-state index in [1.807, 2.05) is 27.7 Å². The molecule has 1 atom stereocenters. The number of carbonyl (C=O) groups is 1. The first-order valence-corrected chi connectivity index (χ1v) is 5.50. The standard InChI is InChI=1S/C11H21N3O2/c1-7(2)14-8(6-11(3,4)16-5)9(12)13-10(14)15/h7-8H,6H2,1-5H3,(H2,12,13,15). The fourth-order valence-electron chi connectivity index (χ4n) is 1.85. The molecule has 1 rings (SSSR count). The zero-order valence-electron chi connectivity index (χ0n) is 10.7. The number of nitrogens with two attached hydrogens (primary N) is 1. The first-order valence-electron chi connectivity index (χ1n) is 5.50. The molecule has 2 amide bonds. The molecule has 0 radical (unpaired) electrons. The summed E-state index contributed by atoms with van der Waals surface area (Å²) in [6.07, 6.45) is 0.656. The van der Waals surface area contributed by atoms with Crippen molar-refractivity contribution in [1.82, 2.24) is 4.90 Å². The number of hydrogen-bond donors (Lipinski definition) is 1. The van der Waals surface area contributed by atoms with Gasteiger partial charge in [-0.05, 0) is 27.7 Å². The highest BCUT2D eigenvalue weighted by Crippen LogP contribution is 2.24. The normalized spacial score (nSPS) is 21.9. The van der Waals surface area contributed by atoms with Crippen molar-refractivity contribution in [2.24, 2.45) is 10.7 Å². The van der Waals surface area contributed by atoms with E-state index in [2.05, 4.69) is 4.99 Å². The summed E-state index contributed by atoms with van der Waals surface area (Å²) in [7, 11) is 1.66. The summed E-state index contributed by atoms with van der Waals surface area (Å²) in [5.41, 5.74) is 5.47. The average Bonchev–Trinajstić information content (AvgIpc) is 2.41. The molecule has 5 heteroatoms. The number of nitrogens with zero attached hydrogens (tertiary/aromatic N) is 2. The molecule has 0 saturated heterocycles. The highest BCUT2D eigenvalue weighted by Gasteiger charge is 2.38. The minimum absolute atomic E-state index is 0.0926. The Hall–Kier alpha value is -1.10. The molecular weight excluding hydrogens is 206 g/mol. The lowest BCUT2D eigenvalue weighted by molar-refractivity contribution is 0.00351. The smallest absolute Gasteiger partial charge is 0.346 e. The van der Waals surface area contributed by atoms with Crippen LogP contribution in [0.1, 0.15) is 34.1 Å². The Morgan fingerprint density at radius 1 is 1.56 bits per heavy atom. The van der Waals surface area contributed by atoms with E-state index in [4.69, 9.17) is 10.5 Å². The predicted molar refractivity (Wildman–Crippen MR) is 63.5 cm³/mol. The van der Waals surface area contributed by atoms with E-state index in [1.165, 1.54) is 0 Å². The molecule has 92 valence electrons. The summed E-state index contributed by atoms with van der Waals surface area (Å²) in [6, 6.07) is -0.304. The van der Waals surface area contributed by atoms with E-state index in [-0.39, 0.29) is 23.7 Å². The second-order valence-corrected chi connectivity index (χ2v) is 5.00. The van der Waals surface area contributed by atoms with Gasteiger partial charge < -0.3 is 15.4 Å². The third kappa shape index (κ3) is 2.52. The van der Waals surface area contributed by atoms with Crippen molar-refractivity contribution in [3.8, 4) is 0 Å². The Labute approximate surface area is 96.7 Å². The number of ether oxygens (including phenoxy) is 1. The van der Waals surface area contributed by atoms with E-state index in [9.17, 15) is 4.79 Å². The van der Waals surface area contributed by atoms with Gasteiger partial charge in [0.05, 0.1) is 11.6 Å². The number of amidine groups is 1. The van der Waals surface area contributed by atoms with E-state index < -0.39 is 0 Å². The summed E-state index contributed by atoms with van der Waals surface area (Å²) in [5.74, 6) is 0.392. The monoisotopic (exact) mass is 227 g/mol. The molecule has 5 nitrogen and oxygen atoms in total. The van der Waals surface area contributed by atoms with Crippen LogP contribution in [-0.2, 0) is 4.74 Å². The number of methoxy groups -OCH3 is 1. The van der Waals surface area contributed by atoms with Gasteiger partial charge in [-0.3, -0.25) is 0 Å². The van der Waals surface area contributed by atoms with Gasteiger partial charge in [-0.1, -0.05) is 0 Å². The Morgan fingerprint density at radius 2 is 2.12 bits per heavy atom. The predicted octanol–water partition coefficient (Wildman–Crippen LogP) is 1.37. The summed E-state index contributed by atoms with van der Waals surface area (Å²) in [4.78, 5) is 17.2. The number of amides is 2. The molecule has 0 aromatic carbocycles. The second kappa shape index (κ2) is 4.41. The van der Waals surface area contributed by atoms with Crippen LogP contribution in [0.15, 0.2) is 4.99 Å². The molecule has 0 aliphatic carbocycles. The van der Waals surface area contributed by atoms with E-state index in [0.29, 0.717) is 12.3 Å². The van der Waals surface area contributed by atoms with Crippen LogP contribution in [0.3, 0.4) is 0 Å². The summed E-state index contributed by atoms with van der Waals surface area (Å²) in [5, 5.41) is 0. The summed E-state index contributed by atoms with van der Waals surface area (Å²) in [6.45, 7) is 7.86. The molecule has 16 heavy (non-hydrogen) atoms. The third-order valence-corrected chi connectivity index (χ3v) is 2.92. The first kappa shape index (κ1) is 13.0. The van der Waals surface area contributed by atoms with Crippen LogP contribution in [0.5, 0.6) is 0 Å². The minimum Gasteiger partial charge on any atom is -0.385 e. The molecule has 0 spiro atoms. The van der Waals surface area contributed by atoms with Crippen molar-refractivity contribution in [3.05, 3.63) is 0 Å². The maximum atomic E-state index is 11.6. The minimum atomic E-state index is -0.317. The first-order chi connectivity index (χ1) is 7.28. The van der Waals surface area contributed by atoms with Crippen LogP contribution in [0, 0.1) is 0 Å². The largest absolute Gasteiger partial charge is 0.385 e. The van der Waals surface area contributed by atoms with Gasteiger partial charge in [0.2, 0.25) is 0 Å². The van der Waals surface area contributed by atoms with Gasteiger partial charge in [0, 0.05) is 19.6 Å². The van der Waals surface area contributed by atoms with Crippen LogP contribution >= 0.6 is 0 Å². The molecule has 1 unspecified atom stereocenters. The SMILES string of the molecule is COC(C)(C)CC1C(N)=NC(=O)N1C(C)C. The Morgan fingerprint density at radius 3 is 2.56 bits per heavy atom. The zero-order valence-corrected chi connectivity index (χ0v) is 10.7. The number of aliphatic imine (C=N–C) groups is 1. The van der Waals surface area contributed by atoms with Gasteiger partial charge in [-0.2, -0.15) is 4.99 Å². The fourth-order valence-corrected chi connectivity index (χ4v) is 1.85. The highest BCUT2D eigenvalue weighted by molar-refractivity contribution is 6.02. The lowest BCUT2D eigenvalue weighted by Crippen LogP contribution is -2.48. The molecule has 1 heterocycles. The zero-order chi connectivity index (χ0) is 12.5. The molecule has 0 aromatic heterocycles. The molecule has 1 aliphatic rings. The molecule has 0 aromatic rings. The Bertz CT molecular complexity index is 310. The van der Waals surface area contributed by atoms with Gasteiger partial charge >= 0.3 is 6.03 Å². The second-order valence-electron chi connectivity index (χ2n) is 5.00. The quantitative estimate of drug-likeness (QED) is 0.788. The van der Waals surface area contributed by atoms with Crippen molar-refractivity contribution in [2.75, 3.05) is 7.11 Å². The summed E-state index contributed by atoms with van der Waals surface area (Å²) < 4.78 is 5.36. The Balaban J connectivity index is 2.85. The molecular formula is C11H21N3O2. The maximum absolute atomic E-state index is 11.6. The van der Waals surface area contributed by atoms with Crippen LogP contribution in [0.2, 0.25) is 0 Å². The van der Waals surface area contributed by atoms with E-state index in [1.54, 1.807) is 12.0 Å². The highest BCUT2D eigenvalue weighted by atomic mass is 16.5. The van der Waals surface area contributed by atoms with Gasteiger partial charge in [-0.25, -0.2) is 4.79 Å². The molecule has 2 N–H and O–H groups in total. The molecule has 0 fully saturated rings. The van der Waals surface area contributed by atoms with Crippen LogP contribution in [0.25, 0.3) is 0 Å². The van der Waals surface area contributed by atoms with E-state index >= 15 is 0 Å². The maximum Gasteiger partial charge on any atom is 0.346 e. The Kier molecular flexibility index (Phi) is 3.57. The molecule has 0 saturated carbocycles. The lowest BCUT2D eigenvalue weighted by atomic mass is 9.97. The average molecular weight is 227 g/mol. The van der Waals surface area contributed by atoms with Crippen LogP contribution < -0.4 is 5.73 Å². The number of urea groups is 1. The van der Waals surface area contributed by atoms with Crippen molar-refractivity contribution < 1.29 is 9.53 Å². The van der Waals surface area contributed by atoms with Crippen LogP contribution in [0.4, 0.5) is 4.79 Å². The van der Waals surface area contributed by atoms with Crippen molar-refractivity contribution in [2.45, 2.75) is 51.8 Å². The van der Waals surface area contributed by atoms with E-state index in [0.717, 1.165) is 0 Å². The summed E-state index contributed by atoms with van der Waals surface area (Å²) >= 11 is 0. The lowest BCUT2D eigenvalue weighted by Gasteiger charge is -2.33. The van der Waals surface area contributed by atoms with Gasteiger partial charge in [0.1, 0.15) is 5.84 Å². The molecule has 1 aliphatic heterocycles. The van der Waals surface area contributed by atoms with Crippen molar-refractivity contribution in [1.29, 1.82) is 0 Å². The van der Waals surface area contributed by atoms with Gasteiger partial charge in [-0.15, -0.1) is 0 Å². The number of rotatable bonds is 4. The topological polar surface area (TPSA) is 67.9 Å². The fraction of sp³-hybridized carbons (Fsp3) is 0.818. The number of carbonyl (C=O) groups excluding carboxylic acids is 1. The van der Waals surface area contributed by atoms with Crippen molar-refractivity contribution >= 4 is 11.9 Å². The van der Waals surface area contributed by atoms with Gasteiger partial charge in [0.15, 0.2) is 0 Å². The number of hydrogen-bond acceptors (Lipinski definition) is 3. The molecule has 0 bridgehead atoms. The van der Waals surface area contributed by atoms with Gasteiger partial charge in [0.25, 0.3) is 0 Å². The van der Waals surface area contributed by atoms with Crippen LogP contribution in [-0.4, -0.2) is 41.6 Å². The third-order valence-electron chi connectivity index (χ3n) is 2.92. The van der Waals surface area contributed by atoms with Crippen molar-refractivity contribution in [3.63, 3.8) is 0 Å².